The minimum Gasteiger partial charge on any atom is -0.493 e. The molecule has 0 fully saturated rings. The summed E-state index contributed by atoms with van der Waals surface area (Å²) in [6, 6.07) is 13.8. The summed E-state index contributed by atoms with van der Waals surface area (Å²) in [5, 5.41) is 0. The van der Waals surface area contributed by atoms with Crippen molar-refractivity contribution in [3.63, 3.8) is 0 Å². The average Bonchev–Trinajstić information content (AvgIpc) is 2.42. The number of ether oxygens (including phenoxy) is 2. The van der Waals surface area contributed by atoms with Crippen molar-refractivity contribution < 1.29 is 9.47 Å². The summed E-state index contributed by atoms with van der Waals surface area (Å²) in [6.45, 7) is 5.27. The van der Waals surface area contributed by atoms with Crippen molar-refractivity contribution in [2.24, 2.45) is 0 Å². The normalized spacial score (nSPS) is 10.3. The Hall–Kier alpha value is -2.16. The summed E-state index contributed by atoms with van der Waals surface area (Å²) in [7, 11) is 0. The van der Waals surface area contributed by atoms with Crippen LogP contribution in [0.1, 0.15) is 17.5 Å². The number of hydrogen-bond donors (Lipinski definition) is 1. The van der Waals surface area contributed by atoms with E-state index in [-0.39, 0.29) is 0 Å². The van der Waals surface area contributed by atoms with Gasteiger partial charge in [0, 0.05) is 6.42 Å². The smallest absolute Gasteiger partial charge is 0.145 e. The maximum atomic E-state index is 5.97. The largest absolute Gasteiger partial charge is 0.493 e. The van der Waals surface area contributed by atoms with E-state index in [0.29, 0.717) is 18.9 Å². The van der Waals surface area contributed by atoms with Gasteiger partial charge < -0.3 is 15.2 Å². The lowest BCUT2D eigenvalue weighted by Gasteiger charge is -2.13. The second kappa shape index (κ2) is 6.85. The Labute approximate surface area is 120 Å². The summed E-state index contributed by atoms with van der Waals surface area (Å²) < 4.78 is 11.4. The first-order valence-corrected chi connectivity index (χ1v) is 6.84. The lowest BCUT2D eigenvalue weighted by atomic mass is 10.1. The summed E-state index contributed by atoms with van der Waals surface area (Å²) in [5.74, 6) is 1.67. The average molecular weight is 271 g/mol. The molecule has 3 nitrogen and oxygen atoms in total. The van der Waals surface area contributed by atoms with Crippen LogP contribution >= 0.6 is 0 Å². The third-order valence-electron chi connectivity index (χ3n) is 2.99. The van der Waals surface area contributed by atoms with Gasteiger partial charge in [0.2, 0.25) is 0 Å². The van der Waals surface area contributed by atoms with Crippen LogP contribution in [0.15, 0.2) is 42.5 Å². The fourth-order valence-electron chi connectivity index (χ4n) is 2.12. The zero-order valence-electron chi connectivity index (χ0n) is 12.1. The highest BCUT2D eigenvalue weighted by Crippen LogP contribution is 2.27. The van der Waals surface area contributed by atoms with Crippen molar-refractivity contribution in [3.8, 4) is 11.5 Å². The highest BCUT2D eigenvalue weighted by Gasteiger charge is 2.05. The van der Waals surface area contributed by atoms with Gasteiger partial charge in [-0.1, -0.05) is 24.3 Å². The van der Waals surface area contributed by atoms with Gasteiger partial charge in [-0.3, -0.25) is 0 Å². The quantitative estimate of drug-likeness (QED) is 0.643. The van der Waals surface area contributed by atoms with E-state index in [1.165, 1.54) is 0 Å². The van der Waals surface area contributed by atoms with Crippen molar-refractivity contribution in [1.82, 2.24) is 0 Å². The number of benzene rings is 2. The molecule has 0 unspecified atom stereocenters. The Balaban J connectivity index is 1.76. The van der Waals surface area contributed by atoms with E-state index in [2.05, 4.69) is 6.07 Å². The van der Waals surface area contributed by atoms with Crippen LogP contribution in [0.3, 0.4) is 0 Å². The van der Waals surface area contributed by atoms with Gasteiger partial charge in [0.15, 0.2) is 0 Å². The van der Waals surface area contributed by atoms with Crippen molar-refractivity contribution in [3.05, 3.63) is 53.6 Å². The molecule has 2 rings (SSSR count). The first-order chi connectivity index (χ1) is 9.66. The fourth-order valence-corrected chi connectivity index (χ4v) is 2.12. The molecule has 0 aliphatic rings. The van der Waals surface area contributed by atoms with Gasteiger partial charge in [-0.25, -0.2) is 0 Å². The van der Waals surface area contributed by atoms with Crippen molar-refractivity contribution >= 4 is 5.69 Å². The van der Waals surface area contributed by atoms with E-state index in [4.69, 9.17) is 15.2 Å². The number of anilines is 1. The second-order valence-electron chi connectivity index (χ2n) is 4.86. The first kappa shape index (κ1) is 14.3. The van der Waals surface area contributed by atoms with E-state index < -0.39 is 0 Å². The topological polar surface area (TPSA) is 44.5 Å². The van der Waals surface area contributed by atoms with Gasteiger partial charge in [0.1, 0.15) is 11.5 Å². The monoisotopic (exact) mass is 271 g/mol. The number of rotatable bonds is 6. The van der Waals surface area contributed by atoms with Crippen LogP contribution in [0.25, 0.3) is 0 Å². The summed E-state index contributed by atoms with van der Waals surface area (Å²) in [5.41, 5.74) is 8.90. The zero-order chi connectivity index (χ0) is 14.4. The molecule has 0 aliphatic carbocycles. The summed E-state index contributed by atoms with van der Waals surface area (Å²) in [6.07, 6.45) is 0.821. The number of para-hydroxylation sites is 1. The van der Waals surface area contributed by atoms with E-state index in [1.54, 1.807) is 0 Å². The molecular weight excluding hydrogens is 250 g/mol. The Morgan fingerprint density at radius 1 is 0.950 bits per heavy atom. The molecule has 0 spiro atoms. The molecule has 106 valence electrons. The predicted octanol–water partition coefficient (Wildman–Crippen LogP) is 3.73. The van der Waals surface area contributed by atoms with Crippen molar-refractivity contribution in [2.45, 2.75) is 20.3 Å². The van der Waals surface area contributed by atoms with Crippen LogP contribution in [0.5, 0.6) is 11.5 Å². The summed E-state index contributed by atoms with van der Waals surface area (Å²) in [4.78, 5) is 0. The predicted molar refractivity (Wildman–Crippen MR) is 82.4 cm³/mol. The molecule has 0 saturated heterocycles. The Kier molecular flexibility index (Phi) is 4.88. The summed E-state index contributed by atoms with van der Waals surface area (Å²) >= 11 is 0. The molecule has 0 saturated carbocycles. The molecule has 0 aromatic heterocycles. The molecular formula is C17H21NO2. The zero-order valence-corrected chi connectivity index (χ0v) is 12.1. The number of hydrogen-bond acceptors (Lipinski definition) is 3. The van der Waals surface area contributed by atoms with E-state index in [0.717, 1.165) is 29.0 Å². The molecule has 0 aliphatic heterocycles. The number of nitrogens with two attached hydrogens (primary N) is 1. The maximum Gasteiger partial charge on any atom is 0.145 e. The lowest BCUT2D eigenvalue weighted by molar-refractivity contribution is 0.247. The third kappa shape index (κ3) is 3.92. The number of aryl methyl sites for hydroxylation is 2. The maximum absolute atomic E-state index is 5.97. The third-order valence-corrected chi connectivity index (χ3v) is 2.99. The molecule has 0 radical (unpaired) electrons. The highest BCUT2D eigenvalue weighted by atomic mass is 16.5. The van der Waals surface area contributed by atoms with Gasteiger partial charge in [-0.2, -0.15) is 0 Å². The standard InChI is InChI=1S/C17H21NO2/c1-13-11-14(2)17(16(18)12-13)20-10-6-9-19-15-7-4-3-5-8-15/h3-5,7-8,11-12H,6,9-10,18H2,1-2H3. The molecule has 20 heavy (non-hydrogen) atoms. The van der Waals surface area contributed by atoms with Gasteiger partial charge in [-0.15, -0.1) is 0 Å². The van der Waals surface area contributed by atoms with E-state index in [1.807, 2.05) is 50.2 Å². The fraction of sp³-hybridized carbons (Fsp3) is 0.294. The molecule has 0 amide bonds. The van der Waals surface area contributed by atoms with Crippen LogP contribution in [0, 0.1) is 13.8 Å². The van der Waals surface area contributed by atoms with Gasteiger partial charge in [0.05, 0.1) is 18.9 Å². The van der Waals surface area contributed by atoms with Crippen LogP contribution in [0.2, 0.25) is 0 Å². The molecule has 0 atom stereocenters. The van der Waals surface area contributed by atoms with Crippen molar-refractivity contribution in [2.75, 3.05) is 18.9 Å². The lowest BCUT2D eigenvalue weighted by Crippen LogP contribution is -2.07. The Morgan fingerprint density at radius 3 is 2.35 bits per heavy atom. The molecule has 0 heterocycles. The van der Waals surface area contributed by atoms with Crippen LogP contribution in [-0.2, 0) is 0 Å². The molecule has 2 N–H and O–H groups in total. The van der Waals surface area contributed by atoms with Crippen LogP contribution in [-0.4, -0.2) is 13.2 Å². The Bertz CT molecular complexity index is 529. The molecule has 2 aromatic rings. The Morgan fingerprint density at radius 2 is 1.65 bits per heavy atom. The van der Waals surface area contributed by atoms with Crippen LogP contribution in [0.4, 0.5) is 5.69 Å². The molecule has 2 aromatic carbocycles. The van der Waals surface area contributed by atoms with E-state index in [9.17, 15) is 0 Å². The van der Waals surface area contributed by atoms with Gasteiger partial charge in [0.25, 0.3) is 0 Å². The molecule has 0 bridgehead atoms. The first-order valence-electron chi connectivity index (χ1n) is 6.84. The van der Waals surface area contributed by atoms with Crippen LogP contribution < -0.4 is 15.2 Å². The minimum atomic E-state index is 0.598. The minimum absolute atomic E-state index is 0.598. The number of nitrogen functional groups attached to an aromatic ring is 1. The van der Waals surface area contributed by atoms with Crippen molar-refractivity contribution in [1.29, 1.82) is 0 Å². The van der Waals surface area contributed by atoms with Gasteiger partial charge in [-0.05, 0) is 43.2 Å². The second-order valence-corrected chi connectivity index (χ2v) is 4.86. The SMILES string of the molecule is Cc1cc(C)c(OCCCOc2ccccc2)c(N)c1. The van der Waals surface area contributed by atoms with E-state index >= 15 is 0 Å². The van der Waals surface area contributed by atoms with Gasteiger partial charge >= 0.3 is 0 Å². The highest BCUT2D eigenvalue weighted by molar-refractivity contribution is 5.58. The molecule has 3 heteroatoms.